The summed E-state index contributed by atoms with van der Waals surface area (Å²) in [5, 5.41) is 3.91. The van der Waals surface area contributed by atoms with Crippen molar-refractivity contribution in [1.82, 2.24) is 9.78 Å². The summed E-state index contributed by atoms with van der Waals surface area (Å²) >= 11 is 5.54. The lowest BCUT2D eigenvalue weighted by Gasteiger charge is -1.97. The van der Waals surface area contributed by atoms with Crippen molar-refractivity contribution in [3.05, 3.63) is 18.0 Å². The van der Waals surface area contributed by atoms with Crippen LogP contribution in [0.1, 0.15) is 5.56 Å². The van der Waals surface area contributed by atoms with Gasteiger partial charge in [0, 0.05) is 11.8 Å². The number of methoxy groups -OCH3 is 1. The second-order valence-corrected chi connectivity index (χ2v) is 2.52. The van der Waals surface area contributed by atoms with Gasteiger partial charge >= 0.3 is 5.97 Å². The zero-order valence-electron chi connectivity index (χ0n) is 6.66. The number of halogens is 1. The monoisotopic (exact) mass is 188 g/mol. The number of alkyl halides is 1. The van der Waals surface area contributed by atoms with E-state index in [-0.39, 0.29) is 12.5 Å². The van der Waals surface area contributed by atoms with E-state index in [2.05, 4.69) is 9.84 Å². The van der Waals surface area contributed by atoms with Crippen LogP contribution in [0.2, 0.25) is 0 Å². The molecule has 0 spiro atoms. The molecule has 4 nitrogen and oxygen atoms in total. The Bertz CT molecular complexity index is 272. The minimum atomic E-state index is -0.320. The third-order valence-electron chi connectivity index (χ3n) is 1.36. The van der Waals surface area contributed by atoms with Gasteiger partial charge in [0.2, 0.25) is 0 Å². The number of esters is 1. The molecule has 0 N–H and O–H groups in total. The van der Waals surface area contributed by atoms with Crippen molar-refractivity contribution in [2.24, 2.45) is 0 Å². The third kappa shape index (κ3) is 2.23. The van der Waals surface area contributed by atoms with Crippen molar-refractivity contribution in [3.8, 4) is 0 Å². The van der Waals surface area contributed by atoms with Crippen LogP contribution >= 0.6 is 11.6 Å². The van der Waals surface area contributed by atoms with Gasteiger partial charge in [-0.1, -0.05) is 0 Å². The zero-order chi connectivity index (χ0) is 8.97. The van der Waals surface area contributed by atoms with Crippen LogP contribution in [0, 0.1) is 0 Å². The first-order valence-electron chi connectivity index (χ1n) is 3.40. The Labute approximate surface area is 75.1 Å². The third-order valence-corrected chi connectivity index (χ3v) is 1.67. The molecule has 0 saturated heterocycles. The van der Waals surface area contributed by atoms with Crippen LogP contribution in [0.4, 0.5) is 0 Å². The number of hydrogen-bond donors (Lipinski definition) is 0. The van der Waals surface area contributed by atoms with Gasteiger partial charge in [0.25, 0.3) is 0 Å². The van der Waals surface area contributed by atoms with Crippen LogP contribution in [-0.4, -0.2) is 22.9 Å². The SMILES string of the molecule is COC(=O)Cn1cc(CCl)cn1. The van der Waals surface area contributed by atoms with Crippen molar-refractivity contribution in [3.63, 3.8) is 0 Å². The summed E-state index contributed by atoms with van der Waals surface area (Å²) in [5.74, 6) is 0.0838. The standard InChI is InChI=1S/C7H9ClN2O2/c1-12-7(11)5-10-4-6(2-8)3-9-10/h3-4H,2,5H2,1H3. The number of carbonyl (C=O) groups is 1. The van der Waals surface area contributed by atoms with Crippen LogP contribution in [0.25, 0.3) is 0 Å². The van der Waals surface area contributed by atoms with Gasteiger partial charge in [-0.05, 0) is 0 Å². The second-order valence-electron chi connectivity index (χ2n) is 2.26. The molecule has 0 aromatic carbocycles. The summed E-state index contributed by atoms with van der Waals surface area (Å²) < 4.78 is 5.95. The van der Waals surface area contributed by atoms with Crippen molar-refractivity contribution in [1.29, 1.82) is 0 Å². The predicted octanol–water partition coefficient (Wildman–Crippen LogP) is 0.795. The topological polar surface area (TPSA) is 44.1 Å². The Morgan fingerprint density at radius 1 is 1.83 bits per heavy atom. The first kappa shape index (κ1) is 9.06. The maximum absolute atomic E-state index is 10.8. The van der Waals surface area contributed by atoms with Gasteiger partial charge in [0.05, 0.1) is 19.2 Å². The van der Waals surface area contributed by atoms with Gasteiger partial charge in [0.15, 0.2) is 0 Å². The van der Waals surface area contributed by atoms with Gasteiger partial charge in [-0.25, -0.2) is 0 Å². The zero-order valence-corrected chi connectivity index (χ0v) is 7.41. The first-order chi connectivity index (χ1) is 5.76. The van der Waals surface area contributed by atoms with E-state index in [1.807, 2.05) is 0 Å². The molecule has 1 rings (SSSR count). The molecule has 0 amide bonds. The molecule has 5 heteroatoms. The van der Waals surface area contributed by atoms with Gasteiger partial charge in [-0.2, -0.15) is 5.10 Å². The molecule has 1 aromatic heterocycles. The van der Waals surface area contributed by atoms with Crippen molar-refractivity contribution in [2.75, 3.05) is 7.11 Å². The van der Waals surface area contributed by atoms with Crippen molar-refractivity contribution in [2.45, 2.75) is 12.4 Å². The fraction of sp³-hybridized carbons (Fsp3) is 0.429. The normalized spacial score (nSPS) is 9.83. The molecule has 12 heavy (non-hydrogen) atoms. The van der Waals surface area contributed by atoms with Crippen LogP contribution < -0.4 is 0 Å². The van der Waals surface area contributed by atoms with E-state index in [1.165, 1.54) is 11.8 Å². The number of nitrogens with zero attached hydrogens (tertiary/aromatic N) is 2. The largest absolute Gasteiger partial charge is 0.468 e. The molecule has 1 aromatic rings. The highest BCUT2D eigenvalue weighted by Gasteiger charge is 2.02. The van der Waals surface area contributed by atoms with Gasteiger partial charge in [-0.15, -0.1) is 11.6 Å². The number of rotatable bonds is 3. The van der Waals surface area contributed by atoms with E-state index < -0.39 is 0 Å². The fourth-order valence-corrected chi connectivity index (χ4v) is 0.897. The van der Waals surface area contributed by atoms with Crippen molar-refractivity contribution >= 4 is 17.6 Å². The van der Waals surface area contributed by atoms with E-state index in [4.69, 9.17) is 11.6 Å². The highest BCUT2D eigenvalue weighted by molar-refractivity contribution is 6.17. The Hall–Kier alpha value is -1.03. The molecule has 0 bridgehead atoms. The van der Waals surface area contributed by atoms with Crippen LogP contribution in [-0.2, 0) is 22.0 Å². The Kier molecular flexibility index (Phi) is 3.10. The van der Waals surface area contributed by atoms with Gasteiger partial charge in [-0.3, -0.25) is 9.48 Å². The minimum absolute atomic E-state index is 0.132. The lowest BCUT2D eigenvalue weighted by atomic mass is 10.4. The van der Waals surface area contributed by atoms with Gasteiger partial charge < -0.3 is 4.74 Å². The summed E-state index contributed by atoms with van der Waals surface area (Å²) in [5.41, 5.74) is 0.889. The summed E-state index contributed by atoms with van der Waals surface area (Å²) in [6.45, 7) is 0.132. The molecule has 0 saturated carbocycles. The predicted molar refractivity (Wildman–Crippen MR) is 43.8 cm³/mol. The summed E-state index contributed by atoms with van der Waals surface area (Å²) in [7, 11) is 1.34. The molecular formula is C7H9ClN2O2. The number of carbonyl (C=O) groups excluding carboxylic acids is 1. The average Bonchev–Trinajstić information content (AvgIpc) is 2.52. The Morgan fingerprint density at radius 2 is 2.58 bits per heavy atom. The highest BCUT2D eigenvalue weighted by Crippen LogP contribution is 2.01. The highest BCUT2D eigenvalue weighted by atomic mass is 35.5. The van der Waals surface area contributed by atoms with Crippen molar-refractivity contribution < 1.29 is 9.53 Å². The lowest BCUT2D eigenvalue weighted by molar-refractivity contribution is -0.141. The summed E-state index contributed by atoms with van der Waals surface area (Å²) in [6, 6.07) is 0. The maximum atomic E-state index is 10.8. The average molecular weight is 189 g/mol. The summed E-state index contributed by atoms with van der Waals surface area (Å²) in [6.07, 6.45) is 3.33. The fourth-order valence-electron chi connectivity index (χ4n) is 0.759. The quantitative estimate of drug-likeness (QED) is 0.521. The van der Waals surface area contributed by atoms with Crippen LogP contribution in [0.5, 0.6) is 0 Å². The number of hydrogen-bond acceptors (Lipinski definition) is 3. The Balaban J connectivity index is 2.58. The number of aromatic nitrogens is 2. The first-order valence-corrected chi connectivity index (χ1v) is 3.94. The van der Waals surface area contributed by atoms with E-state index >= 15 is 0 Å². The molecule has 1 heterocycles. The molecule has 0 aliphatic carbocycles. The molecule has 66 valence electrons. The van der Waals surface area contributed by atoms with Crippen LogP contribution in [0.15, 0.2) is 12.4 Å². The Morgan fingerprint density at radius 3 is 3.08 bits per heavy atom. The van der Waals surface area contributed by atoms with Gasteiger partial charge in [0.1, 0.15) is 6.54 Å². The minimum Gasteiger partial charge on any atom is -0.468 e. The van der Waals surface area contributed by atoms with E-state index in [0.29, 0.717) is 5.88 Å². The molecule has 0 aliphatic heterocycles. The number of ether oxygens (including phenoxy) is 1. The molecule has 0 unspecified atom stereocenters. The van der Waals surface area contributed by atoms with E-state index in [1.54, 1.807) is 12.4 Å². The maximum Gasteiger partial charge on any atom is 0.327 e. The van der Waals surface area contributed by atoms with Crippen LogP contribution in [0.3, 0.4) is 0 Å². The van der Waals surface area contributed by atoms with E-state index in [9.17, 15) is 4.79 Å². The smallest absolute Gasteiger partial charge is 0.327 e. The molecule has 0 aliphatic rings. The molecule has 0 radical (unpaired) electrons. The lowest BCUT2D eigenvalue weighted by Crippen LogP contribution is -2.11. The molecule has 0 atom stereocenters. The van der Waals surface area contributed by atoms with E-state index in [0.717, 1.165) is 5.56 Å². The second kappa shape index (κ2) is 4.11. The summed E-state index contributed by atoms with van der Waals surface area (Å²) in [4.78, 5) is 10.8. The molecule has 0 fully saturated rings. The molecular weight excluding hydrogens is 180 g/mol.